The van der Waals surface area contributed by atoms with E-state index in [1.807, 2.05) is 18.2 Å². The molecule has 3 rings (SSSR count). The highest BCUT2D eigenvalue weighted by Crippen LogP contribution is 2.26. The van der Waals surface area contributed by atoms with Gasteiger partial charge < -0.3 is 10.1 Å². The fourth-order valence-corrected chi connectivity index (χ4v) is 3.65. The van der Waals surface area contributed by atoms with Gasteiger partial charge in [-0.15, -0.1) is 0 Å². The molecule has 30 heavy (non-hydrogen) atoms. The van der Waals surface area contributed by atoms with Crippen LogP contribution in [0.5, 0.6) is 11.5 Å². The molecular weight excluding hydrogens is 431 g/mol. The van der Waals surface area contributed by atoms with Crippen molar-refractivity contribution in [3.05, 3.63) is 83.6 Å². The third-order valence-electron chi connectivity index (χ3n) is 3.99. The summed E-state index contributed by atoms with van der Waals surface area (Å²) >= 11 is 5.70. The molecule has 0 aliphatic rings. The van der Waals surface area contributed by atoms with Crippen molar-refractivity contribution in [3.63, 3.8) is 0 Å². The zero-order chi connectivity index (χ0) is 21.7. The van der Waals surface area contributed by atoms with Gasteiger partial charge in [0, 0.05) is 5.69 Å². The molecule has 0 aromatic heterocycles. The second-order valence-corrected chi connectivity index (χ2v) is 8.67. The molecule has 6 nitrogen and oxygen atoms in total. The molecule has 0 spiro atoms. The molecule has 3 aromatic carbocycles. The number of sulfonamides is 1. The van der Waals surface area contributed by atoms with Crippen LogP contribution in [0.3, 0.4) is 0 Å². The maximum absolute atomic E-state index is 13.3. The molecule has 3 aromatic rings. The Morgan fingerprint density at radius 3 is 2.27 bits per heavy atom. The molecule has 0 aliphatic carbocycles. The van der Waals surface area contributed by atoms with E-state index in [9.17, 15) is 17.6 Å². The number of rotatable bonds is 7. The lowest BCUT2D eigenvalue weighted by molar-refractivity contribution is -0.114. The maximum atomic E-state index is 13.3. The van der Waals surface area contributed by atoms with Crippen molar-refractivity contribution >= 4 is 38.9 Å². The number of carbonyl (C=O) groups excluding carboxylic acids is 1. The predicted octanol–water partition coefficient (Wildman–Crippen LogP) is 4.68. The molecule has 1 N–H and O–H groups in total. The lowest BCUT2D eigenvalue weighted by Crippen LogP contribution is -2.37. The summed E-state index contributed by atoms with van der Waals surface area (Å²) in [5.41, 5.74) is 0.552. The number of halogens is 2. The number of ether oxygens (including phenoxy) is 1. The first-order chi connectivity index (χ1) is 14.2. The van der Waals surface area contributed by atoms with Crippen LogP contribution in [0.15, 0.2) is 72.8 Å². The first-order valence-electron chi connectivity index (χ1n) is 8.78. The lowest BCUT2D eigenvalue weighted by atomic mass is 10.3. The fourth-order valence-electron chi connectivity index (χ4n) is 2.61. The molecule has 0 heterocycles. The van der Waals surface area contributed by atoms with E-state index in [-0.39, 0.29) is 10.7 Å². The van der Waals surface area contributed by atoms with Gasteiger partial charge in [0.2, 0.25) is 15.9 Å². The minimum absolute atomic E-state index is 0.151. The number of nitrogens with one attached hydrogen (secondary N) is 1. The highest BCUT2D eigenvalue weighted by atomic mass is 35.5. The second-order valence-electron chi connectivity index (χ2n) is 6.36. The minimum atomic E-state index is -3.75. The smallest absolute Gasteiger partial charge is 0.245 e. The minimum Gasteiger partial charge on any atom is -0.457 e. The van der Waals surface area contributed by atoms with Crippen LogP contribution in [0.1, 0.15) is 0 Å². The van der Waals surface area contributed by atoms with Gasteiger partial charge in [0.15, 0.2) is 0 Å². The molecule has 0 saturated carbocycles. The zero-order valence-electron chi connectivity index (χ0n) is 15.9. The molecule has 0 aliphatic heterocycles. The standard InChI is InChI=1S/C21H18ClFN2O4S/c1-30(27,28)25(14-21(26)24-15-7-12-20(23)19(22)13-15)16-8-10-18(11-9-16)29-17-5-3-2-4-6-17/h2-13H,14H2,1H3,(H,24,26). The van der Waals surface area contributed by atoms with E-state index < -0.39 is 28.3 Å². The normalized spacial score (nSPS) is 11.0. The molecule has 156 valence electrons. The van der Waals surface area contributed by atoms with E-state index in [4.69, 9.17) is 16.3 Å². The molecule has 0 unspecified atom stereocenters. The summed E-state index contributed by atoms with van der Waals surface area (Å²) in [6, 6.07) is 19.1. The number of hydrogen-bond donors (Lipinski definition) is 1. The highest BCUT2D eigenvalue weighted by Gasteiger charge is 2.21. The number of benzene rings is 3. The summed E-state index contributed by atoms with van der Waals surface area (Å²) in [6.07, 6.45) is 1.00. The SMILES string of the molecule is CS(=O)(=O)N(CC(=O)Nc1ccc(F)c(Cl)c1)c1ccc(Oc2ccccc2)cc1. The molecular formula is C21H18ClFN2O4S. The summed E-state index contributed by atoms with van der Waals surface area (Å²) in [5.74, 6) is -0.0655. The van der Waals surface area contributed by atoms with Gasteiger partial charge in [0.25, 0.3) is 0 Å². The summed E-state index contributed by atoms with van der Waals surface area (Å²) in [4.78, 5) is 12.4. The van der Waals surface area contributed by atoms with Crippen molar-refractivity contribution in [3.8, 4) is 11.5 Å². The van der Waals surface area contributed by atoms with Crippen LogP contribution in [0.25, 0.3) is 0 Å². The van der Waals surface area contributed by atoms with E-state index in [0.717, 1.165) is 16.6 Å². The Kier molecular flexibility index (Phi) is 6.59. The average molecular weight is 449 g/mol. The van der Waals surface area contributed by atoms with Gasteiger partial charge in [-0.2, -0.15) is 0 Å². The summed E-state index contributed by atoms with van der Waals surface area (Å²) < 4.78 is 44.4. The molecule has 0 atom stereocenters. The van der Waals surface area contributed by atoms with Crippen LogP contribution in [0.2, 0.25) is 5.02 Å². The van der Waals surface area contributed by atoms with Crippen LogP contribution < -0.4 is 14.4 Å². The topological polar surface area (TPSA) is 75.7 Å². The third kappa shape index (κ3) is 5.71. The Morgan fingerprint density at radius 2 is 1.67 bits per heavy atom. The molecule has 1 amide bonds. The van der Waals surface area contributed by atoms with Crippen LogP contribution in [-0.4, -0.2) is 27.1 Å². The van der Waals surface area contributed by atoms with Crippen molar-refractivity contribution < 1.29 is 22.3 Å². The largest absolute Gasteiger partial charge is 0.457 e. The van der Waals surface area contributed by atoms with Crippen LogP contribution in [-0.2, 0) is 14.8 Å². The Hall–Kier alpha value is -3.10. The van der Waals surface area contributed by atoms with Gasteiger partial charge in [-0.1, -0.05) is 29.8 Å². The van der Waals surface area contributed by atoms with Gasteiger partial charge in [0.05, 0.1) is 17.0 Å². The van der Waals surface area contributed by atoms with E-state index in [0.29, 0.717) is 17.2 Å². The van der Waals surface area contributed by atoms with Crippen molar-refractivity contribution in [1.29, 1.82) is 0 Å². The Labute approximate surface area is 178 Å². The van der Waals surface area contributed by atoms with Gasteiger partial charge in [0.1, 0.15) is 23.9 Å². The van der Waals surface area contributed by atoms with Crippen molar-refractivity contribution in [2.75, 3.05) is 22.4 Å². The summed E-state index contributed by atoms with van der Waals surface area (Å²) in [6.45, 7) is -0.466. The Bertz CT molecular complexity index is 1140. The number of amides is 1. The van der Waals surface area contributed by atoms with Gasteiger partial charge in [-0.3, -0.25) is 9.10 Å². The predicted molar refractivity (Wildman–Crippen MR) is 115 cm³/mol. The summed E-state index contributed by atoms with van der Waals surface area (Å²) in [7, 11) is -3.75. The number of nitrogens with zero attached hydrogens (tertiary/aromatic N) is 1. The van der Waals surface area contributed by atoms with E-state index >= 15 is 0 Å². The van der Waals surface area contributed by atoms with Crippen LogP contribution >= 0.6 is 11.6 Å². The van der Waals surface area contributed by atoms with Crippen molar-refractivity contribution in [1.82, 2.24) is 0 Å². The van der Waals surface area contributed by atoms with Crippen molar-refractivity contribution in [2.45, 2.75) is 0 Å². The van der Waals surface area contributed by atoms with Gasteiger partial charge >= 0.3 is 0 Å². The van der Waals surface area contributed by atoms with Gasteiger partial charge in [-0.25, -0.2) is 12.8 Å². The first-order valence-corrected chi connectivity index (χ1v) is 11.0. The molecule has 0 fully saturated rings. The first kappa shape index (κ1) is 21.6. The molecule has 0 saturated heterocycles. The number of carbonyl (C=O) groups is 1. The molecule has 0 radical (unpaired) electrons. The number of hydrogen-bond acceptors (Lipinski definition) is 4. The monoisotopic (exact) mass is 448 g/mol. The quantitative estimate of drug-likeness (QED) is 0.569. The lowest BCUT2D eigenvalue weighted by Gasteiger charge is -2.22. The van der Waals surface area contributed by atoms with Crippen LogP contribution in [0.4, 0.5) is 15.8 Å². The average Bonchev–Trinajstić information content (AvgIpc) is 2.70. The van der Waals surface area contributed by atoms with Crippen LogP contribution in [0, 0.1) is 5.82 Å². The van der Waals surface area contributed by atoms with Crippen molar-refractivity contribution in [2.24, 2.45) is 0 Å². The zero-order valence-corrected chi connectivity index (χ0v) is 17.5. The highest BCUT2D eigenvalue weighted by molar-refractivity contribution is 7.92. The second kappa shape index (κ2) is 9.15. The Morgan fingerprint density at radius 1 is 1.03 bits per heavy atom. The summed E-state index contributed by atoms with van der Waals surface area (Å²) in [5, 5.41) is 2.35. The molecule has 0 bridgehead atoms. The van der Waals surface area contributed by atoms with E-state index in [2.05, 4.69) is 5.32 Å². The molecule has 9 heteroatoms. The number of para-hydroxylation sites is 1. The van der Waals surface area contributed by atoms with E-state index in [1.165, 1.54) is 12.1 Å². The van der Waals surface area contributed by atoms with Gasteiger partial charge in [-0.05, 0) is 54.6 Å². The maximum Gasteiger partial charge on any atom is 0.245 e. The van der Waals surface area contributed by atoms with E-state index in [1.54, 1.807) is 36.4 Å². The fraction of sp³-hybridized carbons (Fsp3) is 0.0952. The Balaban J connectivity index is 1.74. The third-order valence-corrected chi connectivity index (χ3v) is 5.42. The number of anilines is 2.